The molecule has 1 aromatic rings. The van der Waals surface area contributed by atoms with Crippen LogP contribution in [-0.4, -0.2) is 54.5 Å². The summed E-state index contributed by atoms with van der Waals surface area (Å²) in [6.45, 7) is 3.83. The maximum absolute atomic E-state index is 12.2. The van der Waals surface area contributed by atoms with Gasteiger partial charge in [0.25, 0.3) is 0 Å². The van der Waals surface area contributed by atoms with Gasteiger partial charge in [0.15, 0.2) is 0 Å². The monoisotopic (exact) mass is 319 g/mol. The molecule has 23 heavy (non-hydrogen) atoms. The van der Waals surface area contributed by atoms with E-state index in [1.807, 2.05) is 17.0 Å². The maximum Gasteiger partial charge on any atom is 0.312 e. The molecule has 0 unspecified atom stereocenters. The van der Waals surface area contributed by atoms with E-state index >= 15 is 0 Å². The van der Waals surface area contributed by atoms with Gasteiger partial charge in [-0.05, 0) is 25.0 Å². The Hall–Kier alpha value is -2.31. The number of carbonyl (C=O) groups is 2. The normalized spacial score (nSPS) is 14.6. The van der Waals surface area contributed by atoms with Crippen molar-refractivity contribution in [3.05, 3.63) is 24.5 Å². The number of aromatic nitrogens is 1. The Morgan fingerprint density at radius 3 is 2.43 bits per heavy atom. The van der Waals surface area contributed by atoms with Gasteiger partial charge < -0.3 is 20.9 Å². The van der Waals surface area contributed by atoms with E-state index in [1.165, 1.54) is 0 Å². The van der Waals surface area contributed by atoms with E-state index in [4.69, 9.17) is 5.73 Å². The van der Waals surface area contributed by atoms with Gasteiger partial charge in [0.05, 0.1) is 0 Å². The van der Waals surface area contributed by atoms with Crippen LogP contribution in [0, 0.1) is 0 Å². The lowest BCUT2D eigenvalue weighted by molar-refractivity contribution is -0.131. The first-order valence-electron chi connectivity index (χ1n) is 8.13. The highest BCUT2D eigenvalue weighted by molar-refractivity contribution is 5.76. The lowest BCUT2D eigenvalue weighted by Gasteiger charge is -2.36. The molecule has 1 fully saturated rings. The smallest absolute Gasteiger partial charge is 0.312 e. The molecule has 7 heteroatoms. The Labute approximate surface area is 136 Å². The zero-order chi connectivity index (χ0) is 16.5. The standard InChI is InChI=1S/C16H25N5O2/c17-16(23)19-7-3-1-2-4-15(22)21-12-10-20(11-13-21)14-5-8-18-9-6-14/h5-6,8-9H,1-4,7,10-13H2,(H3,17,19,23). The number of hydrogen-bond acceptors (Lipinski definition) is 4. The summed E-state index contributed by atoms with van der Waals surface area (Å²) in [6.07, 6.45) is 6.78. The van der Waals surface area contributed by atoms with Crippen LogP contribution in [0.1, 0.15) is 25.7 Å². The van der Waals surface area contributed by atoms with Crippen LogP contribution in [0.5, 0.6) is 0 Å². The van der Waals surface area contributed by atoms with Gasteiger partial charge in [0.1, 0.15) is 0 Å². The van der Waals surface area contributed by atoms with Crippen LogP contribution >= 0.6 is 0 Å². The molecule has 1 aliphatic rings. The number of hydrogen-bond donors (Lipinski definition) is 2. The first-order valence-corrected chi connectivity index (χ1v) is 8.13. The average Bonchev–Trinajstić information content (AvgIpc) is 2.58. The summed E-state index contributed by atoms with van der Waals surface area (Å²) in [5, 5.41) is 2.55. The molecular weight excluding hydrogens is 294 g/mol. The highest BCUT2D eigenvalue weighted by Gasteiger charge is 2.20. The SMILES string of the molecule is NC(=O)NCCCCCC(=O)N1CCN(c2ccncc2)CC1. The predicted octanol–water partition coefficient (Wildman–Crippen LogP) is 0.959. The van der Waals surface area contributed by atoms with Gasteiger partial charge in [0.2, 0.25) is 5.91 Å². The quantitative estimate of drug-likeness (QED) is 0.732. The Morgan fingerprint density at radius 2 is 1.78 bits per heavy atom. The van der Waals surface area contributed by atoms with Crippen LogP contribution in [0.3, 0.4) is 0 Å². The summed E-state index contributed by atoms with van der Waals surface area (Å²) in [5.74, 6) is 0.224. The summed E-state index contributed by atoms with van der Waals surface area (Å²) in [6, 6.07) is 3.50. The lowest BCUT2D eigenvalue weighted by Crippen LogP contribution is -2.48. The van der Waals surface area contributed by atoms with Crippen molar-refractivity contribution in [1.29, 1.82) is 0 Å². The number of amides is 3. The van der Waals surface area contributed by atoms with E-state index in [1.54, 1.807) is 12.4 Å². The fourth-order valence-electron chi connectivity index (χ4n) is 2.72. The van der Waals surface area contributed by atoms with Gasteiger partial charge in [-0.2, -0.15) is 0 Å². The topological polar surface area (TPSA) is 91.6 Å². The van der Waals surface area contributed by atoms with Crippen LogP contribution < -0.4 is 16.0 Å². The molecule has 3 N–H and O–H groups in total. The Balaban J connectivity index is 1.61. The zero-order valence-corrected chi connectivity index (χ0v) is 13.4. The minimum absolute atomic E-state index is 0.224. The van der Waals surface area contributed by atoms with Gasteiger partial charge in [-0.15, -0.1) is 0 Å². The van der Waals surface area contributed by atoms with Crippen molar-refractivity contribution in [1.82, 2.24) is 15.2 Å². The molecule has 0 radical (unpaired) electrons. The van der Waals surface area contributed by atoms with E-state index in [0.717, 1.165) is 51.1 Å². The van der Waals surface area contributed by atoms with Crippen molar-refractivity contribution >= 4 is 17.6 Å². The molecule has 126 valence electrons. The first-order chi connectivity index (χ1) is 11.2. The summed E-state index contributed by atoms with van der Waals surface area (Å²) in [7, 11) is 0. The molecule has 0 saturated carbocycles. The zero-order valence-electron chi connectivity index (χ0n) is 13.4. The van der Waals surface area contributed by atoms with Crippen molar-refractivity contribution in [3.8, 4) is 0 Å². The molecule has 0 aromatic carbocycles. The van der Waals surface area contributed by atoms with Gasteiger partial charge in [-0.3, -0.25) is 9.78 Å². The molecular formula is C16H25N5O2. The Kier molecular flexibility index (Phi) is 6.65. The third-order valence-corrected chi connectivity index (χ3v) is 4.03. The molecule has 0 aliphatic carbocycles. The fraction of sp³-hybridized carbons (Fsp3) is 0.562. The Bertz CT molecular complexity index is 500. The van der Waals surface area contributed by atoms with Gasteiger partial charge in [-0.1, -0.05) is 6.42 Å². The second kappa shape index (κ2) is 8.97. The van der Waals surface area contributed by atoms with Gasteiger partial charge in [-0.25, -0.2) is 4.79 Å². The number of nitrogens with two attached hydrogens (primary N) is 1. The summed E-state index contributed by atoms with van der Waals surface area (Å²) < 4.78 is 0. The van der Waals surface area contributed by atoms with Crippen LogP contribution in [0.2, 0.25) is 0 Å². The van der Waals surface area contributed by atoms with Crippen LogP contribution in [0.25, 0.3) is 0 Å². The number of rotatable bonds is 7. The Morgan fingerprint density at radius 1 is 1.09 bits per heavy atom. The van der Waals surface area contributed by atoms with Gasteiger partial charge >= 0.3 is 6.03 Å². The third-order valence-electron chi connectivity index (χ3n) is 4.03. The molecule has 1 aliphatic heterocycles. The molecule has 3 amide bonds. The summed E-state index contributed by atoms with van der Waals surface area (Å²) >= 11 is 0. The average molecular weight is 319 g/mol. The van der Waals surface area contributed by atoms with E-state index in [9.17, 15) is 9.59 Å². The first kappa shape index (κ1) is 17.1. The lowest BCUT2D eigenvalue weighted by atomic mass is 10.1. The van der Waals surface area contributed by atoms with Crippen LogP contribution in [0.15, 0.2) is 24.5 Å². The maximum atomic E-state index is 12.2. The molecule has 0 atom stereocenters. The van der Waals surface area contributed by atoms with E-state index < -0.39 is 6.03 Å². The number of pyridine rings is 1. The molecule has 1 aromatic heterocycles. The predicted molar refractivity (Wildman–Crippen MR) is 89.1 cm³/mol. The van der Waals surface area contributed by atoms with Crippen LogP contribution in [-0.2, 0) is 4.79 Å². The van der Waals surface area contributed by atoms with Gasteiger partial charge in [0, 0.05) is 57.2 Å². The van der Waals surface area contributed by atoms with Crippen molar-refractivity contribution < 1.29 is 9.59 Å². The highest BCUT2D eigenvalue weighted by Crippen LogP contribution is 2.15. The molecule has 1 saturated heterocycles. The van der Waals surface area contributed by atoms with Crippen molar-refractivity contribution in [2.45, 2.75) is 25.7 Å². The highest BCUT2D eigenvalue weighted by atomic mass is 16.2. The number of primary amides is 1. The summed E-state index contributed by atoms with van der Waals surface area (Å²) in [5.41, 5.74) is 6.15. The van der Waals surface area contributed by atoms with Crippen molar-refractivity contribution in [2.24, 2.45) is 5.73 Å². The van der Waals surface area contributed by atoms with Crippen LogP contribution in [0.4, 0.5) is 10.5 Å². The number of nitrogens with zero attached hydrogens (tertiary/aromatic N) is 3. The number of urea groups is 1. The molecule has 7 nitrogen and oxygen atoms in total. The second-order valence-corrected chi connectivity index (χ2v) is 5.67. The second-order valence-electron chi connectivity index (χ2n) is 5.67. The van der Waals surface area contributed by atoms with E-state index in [2.05, 4.69) is 15.2 Å². The van der Waals surface area contributed by atoms with E-state index in [0.29, 0.717) is 13.0 Å². The molecule has 2 heterocycles. The number of anilines is 1. The van der Waals surface area contributed by atoms with E-state index in [-0.39, 0.29) is 5.91 Å². The molecule has 0 bridgehead atoms. The summed E-state index contributed by atoms with van der Waals surface area (Å²) in [4.78, 5) is 31.0. The third kappa shape index (κ3) is 5.77. The minimum Gasteiger partial charge on any atom is -0.368 e. The minimum atomic E-state index is -0.492. The van der Waals surface area contributed by atoms with Crippen molar-refractivity contribution in [3.63, 3.8) is 0 Å². The number of unbranched alkanes of at least 4 members (excludes halogenated alkanes) is 2. The van der Waals surface area contributed by atoms with Crippen molar-refractivity contribution in [2.75, 3.05) is 37.6 Å². The molecule has 2 rings (SSSR count). The molecule has 0 spiro atoms. The number of nitrogens with one attached hydrogen (secondary N) is 1. The fourth-order valence-corrected chi connectivity index (χ4v) is 2.72. The number of carbonyl (C=O) groups excluding carboxylic acids is 2. The largest absolute Gasteiger partial charge is 0.368 e. The number of piperazine rings is 1.